The molecule has 0 aromatic rings. The molecule has 1 saturated heterocycles. The van der Waals surface area contributed by atoms with Gasteiger partial charge in [0.25, 0.3) is 0 Å². The van der Waals surface area contributed by atoms with Crippen LogP contribution in [0.1, 0.15) is 27.2 Å². The Hall–Kier alpha value is -0.610. The summed E-state index contributed by atoms with van der Waals surface area (Å²) in [5, 5.41) is 15.2. The SMILES string of the molecule is CC(C)C(CO)NC(=O)C1NCCC1C. The van der Waals surface area contributed by atoms with Crippen LogP contribution in [-0.4, -0.2) is 36.2 Å². The number of aliphatic hydroxyl groups excluding tert-OH is 1. The average molecular weight is 214 g/mol. The van der Waals surface area contributed by atoms with Crippen molar-refractivity contribution in [3.8, 4) is 0 Å². The molecular weight excluding hydrogens is 192 g/mol. The van der Waals surface area contributed by atoms with Crippen LogP contribution in [0.3, 0.4) is 0 Å². The Bertz CT molecular complexity index is 219. The van der Waals surface area contributed by atoms with Crippen molar-refractivity contribution < 1.29 is 9.90 Å². The predicted molar refractivity (Wildman–Crippen MR) is 59.4 cm³/mol. The Morgan fingerprint density at radius 3 is 2.67 bits per heavy atom. The van der Waals surface area contributed by atoms with Crippen LogP contribution in [0.5, 0.6) is 0 Å². The van der Waals surface area contributed by atoms with Gasteiger partial charge >= 0.3 is 0 Å². The summed E-state index contributed by atoms with van der Waals surface area (Å²) in [6.45, 7) is 6.97. The third kappa shape index (κ3) is 3.18. The molecule has 1 fully saturated rings. The molecule has 1 aliphatic heterocycles. The van der Waals surface area contributed by atoms with Gasteiger partial charge in [0.1, 0.15) is 0 Å². The van der Waals surface area contributed by atoms with Gasteiger partial charge in [-0.2, -0.15) is 0 Å². The van der Waals surface area contributed by atoms with Crippen molar-refractivity contribution >= 4 is 5.91 Å². The van der Waals surface area contributed by atoms with E-state index >= 15 is 0 Å². The first-order valence-electron chi connectivity index (χ1n) is 5.71. The van der Waals surface area contributed by atoms with Crippen LogP contribution >= 0.6 is 0 Å². The largest absolute Gasteiger partial charge is 0.394 e. The summed E-state index contributed by atoms with van der Waals surface area (Å²) in [5.74, 6) is 0.667. The summed E-state index contributed by atoms with van der Waals surface area (Å²) in [7, 11) is 0. The lowest BCUT2D eigenvalue weighted by molar-refractivity contribution is -0.124. The molecule has 0 aliphatic carbocycles. The van der Waals surface area contributed by atoms with Crippen molar-refractivity contribution in [1.29, 1.82) is 0 Å². The normalized spacial score (nSPS) is 28.1. The van der Waals surface area contributed by atoms with E-state index < -0.39 is 0 Å². The maximum Gasteiger partial charge on any atom is 0.237 e. The Morgan fingerprint density at radius 2 is 2.27 bits per heavy atom. The number of aliphatic hydroxyl groups is 1. The maximum atomic E-state index is 11.8. The van der Waals surface area contributed by atoms with Crippen molar-refractivity contribution in [2.75, 3.05) is 13.2 Å². The van der Waals surface area contributed by atoms with Crippen LogP contribution in [0.25, 0.3) is 0 Å². The minimum atomic E-state index is -0.132. The molecule has 0 aromatic heterocycles. The van der Waals surface area contributed by atoms with Gasteiger partial charge < -0.3 is 15.7 Å². The summed E-state index contributed by atoms with van der Waals surface area (Å²) in [6.07, 6.45) is 1.05. The van der Waals surface area contributed by atoms with E-state index in [0.717, 1.165) is 13.0 Å². The monoisotopic (exact) mass is 214 g/mol. The van der Waals surface area contributed by atoms with E-state index in [1.165, 1.54) is 0 Å². The number of nitrogens with one attached hydrogen (secondary N) is 2. The van der Waals surface area contributed by atoms with Crippen LogP contribution in [0, 0.1) is 11.8 Å². The molecule has 0 radical (unpaired) electrons. The number of rotatable bonds is 4. The molecule has 1 heterocycles. The lowest BCUT2D eigenvalue weighted by Gasteiger charge is -2.23. The van der Waals surface area contributed by atoms with Gasteiger partial charge in [-0.25, -0.2) is 0 Å². The van der Waals surface area contributed by atoms with Crippen LogP contribution in [-0.2, 0) is 4.79 Å². The van der Waals surface area contributed by atoms with Crippen molar-refractivity contribution in [3.05, 3.63) is 0 Å². The molecule has 1 rings (SSSR count). The molecule has 0 spiro atoms. The molecule has 0 saturated carbocycles. The van der Waals surface area contributed by atoms with Crippen LogP contribution in [0.4, 0.5) is 0 Å². The standard InChI is InChI=1S/C11H22N2O2/c1-7(2)9(6-14)13-11(15)10-8(3)4-5-12-10/h7-10,12,14H,4-6H2,1-3H3,(H,13,15). The van der Waals surface area contributed by atoms with Crippen molar-refractivity contribution in [2.24, 2.45) is 11.8 Å². The topological polar surface area (TPSA) is 61.4 Å². The third-order valence-electron chi connectivity index (χ3n) is 3.14. The van der Waals surface area contributed by atoms with E-state index in [4.69, 9.17) is 5.11 Å². The average Bonchev–Trinajstić information content (AvgIpc) is 2.60. The third-order valence-corrected chi connectivity index (χ3v) is 3.14. The molecule has 4 nitrogen and oxygen atoms in total. The zero-order valence-corrected chi connectivity index (χ0v) is 9.79. The van der Waals surface area contributed by atoms with Crippen LogP contribution < -0.4 is 10.6 Å². The van der Waals surface area contributed by atoms with Gasteiger partial charge in [-0.15, -0.1) is 0 Å². The van der Waals surface area contributed by atoms with Gasteiger partial charge in [-0.3, -0.25) is 4.79 Å². The predicted octanol–water partition coefficient (Wildman–Crippen LogP) is 0.118. The molecule has 3 N–H and O–H groups in total. The second-order valence-corrected chi connectivity index (χ2v) is 4.74. The lowest BCUT2D eigenvalue weighted by atomic mass is 10.0. The smallest absolute Gasteiger partial charge is 0.237 e. The van der Waals surface area contributed by atoms with E-state index in [-0.39, 0.29) is 30.5 Å². The number of amides is 1. The molecule has 1 amide bonds. The van der Waals surface area contributed by atoms with Gasteiger partial charge in [-0.05, 0) is 24.8 Å². The number of carbonyl (C=O) groups is 1. The van der Waals surface area contributed by atoms with Crippen LogP contribution in [0.15, 0.2) is 0 Å². The molecule has 1 aliphatic rings. The Balaban J connectivity index is 2.46. The fourth-order valence-electron chi connectivity index (χ4n) is 1.88. The molecule has 3 unspecified atom stereocenters. The summed E-state index contributed by atoms with van der Waals surface area (Å²) in [6, 6.07) is -0.218. The van der Waals surface area contributed by atoms with E-state index in [0.29, 0.717) is 5.92 Å². The summed E-state index contributed by atoms with van der Waals surface area (Å²) < 4.78 is 0. The minimum absolute atomic E-state index is 0.00447. The van der Waals surface area contributed by atoms with Crippen molar-refractivity contribution in [2.45, 2.75) is 39.3 Å². The Morgan fingerprint density at radius 1 is 1.60 bits per heavy atom. The molecule has 3 atom stereocenters. The number of carbonyl (C=O) groups excluding carboxylic acids is 1. The Labute approximate surface area is 91.4 Å². The number of hydrogen-bond donors (Lipinski definition) is 3. The second kappa shape index (κ2) is 5.47. The molecule has 4 heteroatoms. The molecule has 15 heavy (non-hydrogen) atoms. The van der Waals surface area contributed by atoms with Gasteiger partial charge in [0.05, 0.1) is 18.7 Å². The van der Waals surface area contributed by atoms with Gasteiger partial charge in [0, 0.05) is 0 Å². The molecule has 0 bridgehead atoms. The summed E-state index contributed by atoms with van der Waals surface area (Å²) >= 11 is 0. The van der Waals surface area contributed by atoms with E-state index in [1.807, 2.05) is 13.8 Å². The van der Waals surface area contributed by atoms with Gasteiger partial charge in [0.2, 0.25) is 5.91 Å². The fraction of sp³-hybridized carbons (Fsp3) is 0.909. The maximum absolute atomic E-state index is 11.8. The van der Waals surface area contributed by atoms with Gasteiger partial charge in [0.15, 0.2) is 0 Å². The quantitative estimate of drug-likeness (QED) is 0.623. The number of hydrogen-bond acceptors (Lipinski definition) is 3. The minimum Gasteiger partial charge on any atom is -0.394 e. The summed E-state index contributed by atoms with van der Waals surface area (Å²) in [5.41, 5.74) is 0. The second-order valence-electron chi connectivity index (χ2n) is 4.74. The van der Waals surface area contributed by atoms with Crippen molar-refractivity contribution in [1.82, 2.24) is 10.6 Å². The first-order chi connectivity index (χ1) is 7.06. The van der Waals surface area contributed by atoms with Crippen LogP contribution in [0.2, 0.25) is 0 Å². The zero-order valence-electron chi connectivity index (χ0n) is 9.79. The fourth-order valence-corrected chi connectivity index (χ4v) is 1.88. The highest BCUT2D eigenvalue weighted by atomic mass is 16.3. The zero-order chi connectivity index (χ0) is 11.4. The highest BCUT2D eigenvalue weighted by molar-refractivity contribution is 5.82. The highest BCUT2D eigenvalue weighted by Crippen LogP contribution is 2.14. The van der Waals surface area contributed by atoms with E-state index in [2.05, 4.69) is 17.6 Å². The molecular formula is C11H22N2O2. The lowest BCUT2D eigenvalue weighted by Crippen LogP contribution is -2.50. The van der Waals surface area contributed by atoms with E-state index in [9.17, 15) is 4.79 Å². The summed E-state index contributed by atoms with van der Waals surface area (Å²) in [4.78, 5) is 11.8. The highest BCUT2D eigenvalue weighted by Gasteiger charge is 2.30. The first kappa shape index (κ1) is 12.5. The van der Waals surface area contributed by atoms with Crippen molar-refractivity contribution in [3.63, 3.8) is 0 Å². The van der Waals surface area contributed by atoms with Gasteiger partial charge in [-0.1, -0.05) is 20.8 Å². The first-order valence-corrected chi connectivity index (χ1v) is 5.71. The van der Waals surface area contributed by atoms with E-state index in [1.54, 1.807) is 0 Å². The molecule has 0 aromatic carbocycles. The Kier molecular flexibility index (Phi) is 4.54. The molecule has 88 valence electrons.